The summed E-state index contributed by atoms with van der Waals surface area (Å²) in [6, 6.07) is 14.6. The molecule has 0 bridgehead atoms. The summed E-state index contributed by atoms with van der Waals surface area (Å²) in [5, 5.41) is 2.84. The normalized spacial score (nSPS) is 20.1. The number of hydrogen-bond donors (Lipinski definition) is 2. The molecule has 1 saturated heterocycles. The van der Waals surface area contributed by atoms with Crippen molar-refractivity contribution in [3.63, 3.8) is 0 Å². The van der Waals surface area contributed by atoms with Crippen molar-refractivity contribution in [1.29, 1.82) is 0 Å². The van der Waals surface area contributed by atoms with Crippen LogP contribution in [0.2, 0.25) is 0 Å². The average molecular weight is 351 g/mol. The van der Waals surface area contributed by atoms with Crippen LogP contribution in [0, 0.1) is 5.92 Å². The lowest BCUT2D eigenvalue weighted by molar-refractivity contribution is 0.102. The van der Waals surface area contributed by atoms with Crippen LogP contribution >= 0.6 is 0 Å². The van der Waals surface area contributed by atoms with E-state index in [4.69, 9.17) is 10.5 Å². The molecule has 1 amide bonds. The second-order valence-corrected chi connectivity index (χ2v) is 7.30. The summed E-state index contributed by atoms with van der Waals surface area (Å²) in [6.45, 7) is 3.35. The standard InChI is InChI=1S/C21H25N3O2/c22-19-3-1-2-4-20(19)23-21(25)16-7-9-17(10-8-16)26-18-11-12-24(14-18)13-15-5-6-15/h1-4,7-10,15,18H,5-6,11-14,22H2,(H,23,25)/t18-/m1/s1. The van der Waals surface area contributed by atoms with Gasteiger partial charge < -0.3 is 15.8 Å². The minimum atomic E-state index is -0.175. The van der Waals surface area contributed by atoms with Gasteiger partial charge in [-0.2, -0.15) is 0 Å². The van der Waals surface area contributed by atoms with Crippen LogP contribution in [-0.4, -0.2) is 36.5 Å². The molecule has 0 aromatic heterocycles. The number of nitrogens with one attached hydrogen (secondary N) is 1. The molecular formula is C21H25N3O2. The van der Waals surface area contributed by atoms with Gasteiger partial charge in [-0.15, -0.1) is 0 Å². The first-order valence-corrected chi connectivity index (χ1v) is 9.32. The zero-order valence-corrected chi connectivity index (χ0v) is 14.9. The first kappa shape index (κ1) is 16.9. The molecule has 2 aliphatic rings. The molecule has 0 spiro atoms. The second kappa shape index (κ2) is 7.38. The van der Waals surface area contributed by atoms with Gasteiger partial charge in [0, 0.05) is 25.2 Å². The molecule has 1 heterocycles. The third kappa shape index (κ3) is 4.17. The number of hydrogen-bond acceptors (Lipinski definition) is 4. The van der Waals surface area contributed by atoms with E-state index in [0.717, 1.165) is 31.2 Å². The third-order valence-corrected chi connectivity index (χ3v) is 5.07. The summed E-state index contributed by atoms with van der Waals surface area (Å²) in [4.78, 5) is 14.9. The lowest BCUT2D eigenvalue weighted by atomic mass is 10.2. The molecule has 4 rings (SSSR count). The van der Waals surface area contributed by atoms with Crippen LogP contribution in [-0.2, 0) is 0 Å². The fourth-order valence-corrected chi connectivity index (χ4v) is 3.41. The molecule has 2 fully saturated rings. The lowest BCUT2D eigenvalue weighted by Crippen LogP contribution is -2.26. The Balaban J connectivity index is 1.31. The Morgan fingerprint density at radius 1 is 1.12 bits per heavy atom. The zero-order valence-electron chi connectivity index (χ0n) is 14.9. The van der Waals surface area contributed by atoms with E-state index in [1.54, 1.807) is 24.3 Å². The van der Waals surface area contributed by atoms with E-state index in [9.17, 15) is 4.79 Å². The van der Waals surface area contributed by atoms with E-state index in [0.29, 0.717) is 16.9 Å². The van der Waals surface area contributed by atoms with E-state index in [2.05, 4.69) is 10.2 Å². The Labute approximate surface area is 154 Å². The molecule has 26 heavy (non-hydrogen) atoms. The summed E-state index contributed by atoms with van der Waals surface area (Å²) >= 11 is 0. The Morgan fingerprint density at radius 2 is 1.88 bits per heavy atom. The van der Waals surface area contributed by atoms with Crippen molar-refractivity contribution in [2.75, 3.05) is 30.7 Å². The van der Waals surface area contributed by atoms with Crippen molar-refractivity contribution in [2.45, 2.75) is 25.4 Å². The first-order chi connectivity index (χ1) is 12.7. The number of likely N-dealkylation sites (tertiary alicyclic amines) is 1. The van der Waals surface area contributed by atoms with Gasteiger partial charge in [-0.05, 0) is 61.6 Å². The summed E-state index contributed by atoms with van der Waals surface area (Å²) in [5.74, 6) is 1.56. The number of nitrogens with zero attached hydrogens (tertiary/aromatic N) is 1. The van der Waals surface area contributed by atoms with E-state index in [1.807, 2.05) is 24.3 Å². The van der Waals surface area contributed by atoms with Crippen molar-refractivity contribution in [1.82, 2.24) is 4.90 Å². The van der Waals surface area contributed by atoms with E-state index >= 15 is 0 Å². The molecule has 0 radical (unpaired) electrons. The molecule has 136 valence electrons. The van der Waals surface area contributed by atoms with Gasteiger partial charge in [0.25, 0.3) is 5.91 Å². The molecule has 1 aliphatic carbocycles. The highest BCUT2D eigenvalue weighted by molar-refractivity contribution is 6.05. The Bertz CT molecular complexity index is 771. The highest BCUT2D eigenvalue weighted by Gasteiger charge is 2.29. The third-order valence-electron chi connectivity index (χ3n) is 5.07. The van der Waals surface area contributed by atoms with Gasteiger partial charge in [-0.3, -0.25) is 9.69 Å². The van der Waals surface area contributed by atoms with Crippen LogP contribution in [0.15, 0.2) is 48.5 Å². The highest BCUT2D eigenvalue weighted by Crippen LogP contribution is 2.31. The van der Waals surface area contributed by atoms with Crippen molar-refractivity contribution in [3.05, 3.63) is 54.1 Å². The van der Waals surface area contributed by atoms with E-state index < -0.39 is 0 Å². The molecule has 5 nitrogen and oxygen atoms in total. The van der Waals surface area contributed by atoms with E-state index in [-0.39, 0.29) is 12.0 Å². The molecule has 0 unspecified atom stereocenters. The number of carbonyl (C=O) groups excluding carboxylic acids is 1. The zero-order chi connectivity index (χ0) is 17.9. The van der Waals surface area contributed by atoms with Crippen LogP contribution < -0.4 is 15.8 Å². The maximum Gasteiger partial charge on any atom is 0.255 e. The topological polar surface area (TPSA) is 67.6 Å². The number of para-hydroxylation sites is 2. The fraction of sp³-hybridized carbons (Fsp3) is 0.381. The molecule has 2 aromatic rings. The van der Waals surface area contributed by atoms with Gasteiger partial charge >= 0.3 is 0 Å². The molecule has 1 aliphatic heterocycles. The van der Waals surface area contributed by atoms with Crippen LogP contribution in [0.25, 0.3) is 0 Å². The van der Waals surface area contributed by atoms with Crippen LogP contribution in [0.3, 0.4) is 0 Å². The molecule has 1 saturated carbocycles. The fourth-order valence-electron chi connectivity index (χ4n) is 3.41. The maximum absolute atomic E-state index is 12.4. The molecule has 3 N–H and O–H groups in total. The van der Waals surface area contributed by atoms with E-state index in [1.165, 1.54) is 19.4 Å². The predicted octanol–water partition coefficient (Wildman–Crippen LogP) is 3.38. The van der Waals surface area contributed by atoms with Gasteiger partial charge in [0.1, 0.15) is 11.9 Å². The monoisotopic (exact) mass is 351 g/mol. The molecule has 2 aromatic carbocycles. The number of ether oxygens (including phenoxy) is 1. The maximum atomic E-state index is 12.4. The van der Waals surface area contributed by atoms with Crippen LogP contribution in [0.1, 0.15) is 29.6 Å². The molecule has 1 atom stereocenters. The number of amides is 1. The summed E-state index contributed by atoms with van der Waals surface area (Å²) < 4.78 is 6.09. The minimum absolute atomic E-state index is 0.175. The Morgan fingerprint density at radius 3 is 2.62 bits per heavy atom. The number of carbonyl (C=O) groups is 1. The smallest absolute Gasteiger partial charge is 0.255 e. The Hall–Kier alpha value is -2.53. The number of anilines is 2. The quantitative estimate of drug-likeness (QED) is 0.783. The van der Waals surface area contributed by atoms with Crippen LogP contribution in [0.4, 0.5) is 11.4 Å². The highest BCUT2D eigenvalue weighted by atomic mass is 16.5. The number of rotatable bonds is 6. The van der Waals surface area contributed by atoms with Crippen molar-refractivity contribution in [2.24, 2.45) is 5.92 Å². The average Bonchev–Trinajstić information content (AvgIpc) is 3.35. The van der Waals surface area contributed by atoms with Crippen LogP contribution in [0.5, 0.6) is 5.75 Å². The van der Waals surface area contributed by atoms with Gasteiger partial charge in [0.15, 0.2) is 0 Å². The van der Waals surface area contributed by atoms with Gasteiger partial charge in [0.2, 0.25) is 0 Å². The van der Waals surface area contributed by atoms with Gasteiger partial charge in [-0.1, -0.05) is 12.1 Å². The second-order valence-electron chi connectivity index (χ2n) is 7.30. The minimum Gasteiger partial charge on any atom is -0.489 e. The summed E-state index contributed by atoms with van der Waals surface area (Å²) in [5.41, 5.74) is 7.63. The van der Waals surface area contributed by atoms with Crippen molar-refractivity contribution < 1.29 is 9.53 Å². The lowest BCUT2D eigenvalue weighted by Gasteiger charge is -2.16. The largest absolute Gasteiger partial charge is 0.489 e. The predicted molar refractivity (Wildman–Crippen MR) is 103 cm³/mol. The Kier molecular flexibility index (Phi) is 4.80. The number of benzene rings is 2. The SMILES string of the molecule is Nc1ccccc1NC(=O)c1ccc(O[C@@H]2CCN(CC3CC3)C2)cc1. The first-order valence-electron chi connectivity index (χ1n) is 9.32. The van der Waals surface area contributed by atoms with Gasteiger partial charge in [0.05, 0.1) is 11.4 Å². The summed E-state index contributed by atoms with van der Waals surface area (Å²) in [7, 11) is 0. The van der Waals surface area contributed by atoms with Crippen molar-refractivity contribution in [3.8, 4) is 5.75 Å². The summed E-state index contributed by atoms with van der Waals surface area (Å²) in [6.07, 6.45) is 4.10. The number of nitrogen functional groups attached to an aromatic ring is 1. The van der Waals surface area contributed by atoms with Gasteiger partial charge in [-0.25, -0.2) is 0 Å². The molecular weight excluding hydrogens is 326 g/mol. The van der Waals surface area contributed by atoms with Crippen molar-refractivity contribution >= 4 is 17.3 Å². The molecule has 5 heteroatoms. The number of nitrogens with two attached hydrogens (primary N) is 1.